The smallest absolute Gasteiger partial charge is 0.303 e. The predicted octanol–water partition coefficient (Wildman–Crippen LogP) is 3.03. The molecule has 0 saturated heterocycles. The van der Waals surface area contributed by atoms with Gasteiger partial charge in [-0.1, -0.05) is 30.3 Å². The Hall–Kier alpha value is -2.56. The Morgan fingerprint density at radius 3 is 2.80 bits per heavy atom. The lowest BCUT2D eigenvalue weighted by atomic mass is 10.2. The minimum Gasteiger partial charge on any atom is -0.459 e. The highest BCUT2D eigenvalue weighted by Crippen LogP contribution is 2.17. The second-order valence-electron chi connectivity index (χ2n) is 4.08. The third-order valence-electron chi connectivity index (χ3n) is 2.47. The van der Waals surface area contributed by atoms with Crippen LogP contribution in [0.5, 0.6) is 0 Å². The number of nitrogens with zero attached hydrogens (tertiary/aromatic N) is 2. The van der Waals surface area contributed by atoms with Gasteiger partial charge >= 0.3 is 5.97 Å². The lowest BCUT2D eigenvalue weighted by Gasteiger charge is -2.02. The van der Waals surface area contributed by atoms with E-state index in [1.54, 1.807) is 6.21 Å². The van der Waals surface area contributed by atoms with Crippen LogP contribution in [0.2, 0.25) is 0 Å². The van der Waals surface area contributed by atoms with Crippen molar-refractivity contribution in [1.82, 2.24) is 4.98 Å². The summed E-state index contributed by atoms with van der Waals surface area (Å²) in [6.45, 7) is 1.24. The first-order valence-electron chi connectivity index (χ1n) is 6.02. The van der Waals surface area contributed by atoms with Crippen molar-refractivity contribution in [2.24, 2.45) is 4.99 Å². The Balaban J connectivity index is 2.10. The minimum absolute atomic E-state index is 0.0467. The van der Waals surface area contributed by atoms with Gasteiger partial charge in [-0.15, -0.1) is 0 Å². The fourth-order valence-electron chi connectivity index (χ4n) is 1.50. The number of rotatable bonds is 4. The molecule has 0 unspecified atom stereocenters. The van der Waals surface area contributed by atoms with Crippen LogP contribution in [0.4, 0.5) is 10.1 Å². The van der Waals surface area contributed by atoms with Crippen LogP contribution in [0.3, 0.4) is 0 Å². The van der Waals surface area contributed by atoms with Crippen LogP contribution in [-0.4, -0.2) is 17.2 Å². The maximum atomic E-state index is 13.8. The summed E-state index contributed by atoms with van der Waals surface area (Å²) in [4.78, 5) is 18.7. The Morgan fingerprint density at radius 1 is 1.40 bits per heavy atom. The van der Waals surface area contributed by atoms with Crippen LogP contribution in [0.25, 0.3) is 0 Å². The van der Waals surface area contributed by atoms with Gasteiger partial charge in [0, 0.05) is 19.2 Å². The Bertz CT molecular complexity index is 627. The fourth-order valence-corrected chi connectivity index (χ4v) is 1.50. The molecule has 0 aliphatic carbocycles. The first-order chi connectivity index (χ1) is 9.65. The van der Waals surface area contributed by atoms with Crippen LogP contribution in [0, 0.1) is 5.82 Å². The Kier molecular flexibility index (Phi) is 4.55. The molecule has 1 heterocycles. The molecule has 0 atom stereocenters. The zero-order chi connectivity index (χ0) is 14.4. The number of carbonyl (C=O) groups excluding carboxylic acids is 1. The minimum atomic E-state index is -0.505. The average molecular weight is 272 g/mol. The molecule has 0 spiro atoms. The number of ether oxygens (including phenoxy) is 1. The van der Waals surface area contributed by atoms with Crippen molar-refractivity contribution in [3.63, 3.8) is 0 Å². The van der Waals surface area contributed by atoms with E-state index in [0.29, 0.717) is 5.69 Å². The van der Waals surface area contributed by atoms with Gasteiger partial charge in [0.2, 0.25) is 0 Å². The predicted molar refractivity (Wildman–Crippen MR) is 73.4 cm³/mol. The third kappa shape index (κ3) is 3.98. The first-order valence-corrected chi connectivity index (χ1v) is 6.02. The number of benzene rings is 1. The van der Waals surface area contributed by atoms with E-state index in [0.717, 1.165) is 5.56 Å². The van der Waals surface area contributed by atoms with Crippen molar-refractivity contribution >= 4 is 17.9 Å². The van der Waals surface area contributed by atoms with E-state index in [4.69, 9.17) is 4.74 Å². The molecule has 2 aromatic rings. The van der Waals surface area contributed by atoms with Crippen LogP contribution in [0.1, 0.15) is 18.2 Å². The standard InChI is InChI=1S/C15H13FN2O2/c1-11(19)20-10-13-7-14(16)15(9-17-13)18-8-12-5-3-2-4-6-12/h2-9H,10H2,1H3. The number of pyridine rings is 1. The summed E-state index contributed by atoms with van der Waals surface area (Å²) in [7, 11) is 0. The Morgan fingerprint density at radius 2 is 2.15 bits per heavy atom. The summed E-state index contributed by atoms with van der Waals surface area (Å²) in [6, 6.07) is 10.6. The molecule has 0 fully saturated rings. The van der Waals surface area contributed by atoms with Crippen molar-refractivity contribution in [1.29, 1.82) is 0 Å². The summed E-state index contributed by atoms with van der Waals surface area (Å²) in [6.07, 6.45) is 2.87. The number of hydrogen-bond acceptors (Lipinski definition) is 4. The molecular formula is C15H13FN2O2. The molecule has 2 rings (SSSR count). The summed E-state index contributed by atoms with van der Waals surface area (Å²) in [5.74, 6) is -0.937. The highest BCUT2D eigenvalue weighted by molar-refractivity contribution is 5.81. The normalized spacial score (nSPS) is 10.7. The van der Waals surface area contributed by atoms with E-state index in [1.165, 1.54) is 19.2 Å². The van der Waals surface area contributed by atoms with Crippen LogP contribution >= 0.6 is 0 Å². The highest BCUT2D eigenvalue weighted by atomic mass is 19.1. The SMILES string of the molecule is CC(=O)OCc1cc(F)c(N=Cc2ccccc2)cn1. The monoisotopic (exact) mass is 272 g/mol. The van der Waals surface area contributed by atoms with Gasteiger partial charge in [-0.25, -0.2) is 4.39 Å². The number of aromatic nitrogens is 1. The molecule has 0 saturated carbocycles. The quantitative estimate of drug-likeness (QED) is 0.635. The molecule has 20 heavy (non-hydrogen) atoms. The van der Waals surface area contributed by atoms with Crippen LogP contribution in [-0.2, 0) is 16.1 Å². The van der Waals surface area contributed by atoms with Crippen LogP contribution in [0.15, 0.2) is 47.6 Å². The topological polar surface area (TPSA) is 51.5 Å². The molecule has 0 amide bonds. The summed E-state index contributed by atoms with van der Waals surface area (Å²) < 4.78 is 18.5. The van der Waals surface area contributed by atoms with Gasteiger partial charge in [0.15, 0.2) is 5.82 Å². The largest absolute Gasteiger partial charge is 0.459 e. The highest BCUT2D eigenvalue weighted by Gasteiger charge is 2.05. The molecule has 0 aliphatic heterocycles. The molecule has 1 aromatic carbocycles. The molecule has 1 aromatic heterocycles. The number of esters is 1. The van der Waals surface area contributed by atoms with Gasteiger partial charge in [0.1, 0.15) is 12.3 Å². The number of aliphatic imine (C=N–C) groups is 1. The molecule has 0 bridgehead atoms. The lowest BCUT2D eigenvalue weighted by molar-refractivity contribution is -0.142. The van der Waals surface area contributed by atoms with E-state index in [-0.39, 0.29) is 12.3 Å². The maximum Gasteiger partial charge on any atom is 0.303 e. The van der Waals surface area contributed by atoms with Crippen molar-refractivity contribution in [3.8, 4) is 0 Å². The van der Waals surface area contributed by atoms with E-state index in [9.17, 15) is 9.18 Å². The van der Waals surface area contributed by atoms with Crippen molar-refractivity contribution in [2.75, 3.05) is 0 Å². The molecular weight excluding hydrogens is 259 g/mol. The zero-order valence-electron chi connectivity index (χ0n) is 10.9. The van der Waals surface area contributed by atoms with Gasteiger partial charge in [0.05, 0.1) is 11.9 Å². The fraction of sp³-hybridized carbons (Fsp3) is 0.133. The van der Waals surface area contributed by atoms with E-state index >= 15 is 0 Å². The second-order valence-corrected chi connectivity index (χ2v) is 4.08. The molecule has 102 valence electrons. The van der Waals surface area contributed by atoms with Crippen molar-refractivity contribution < 1.29 is 13.9 Å². The molecule has 0 radical (unpaired) electrons. The summed E-state index contributed by atoms with van der Waals surface area (Å²) in [5.41, 5.74) is 1.35. The molecule has 0 N–H and O–H groups in total. The number of halogens is 1. The van der Waals surface area contributed by atoms with Gasteiger partial charge < -0.3 is 4.74 Å². The average Bonchev–Trinajstić information content (AvgIpc) is 2.45. The number of hydrogen-bond donors (Lipinski definition) is 0. The maximum absolute atomic E-state index is 13.8. The van der Waals surface area contributed by atoms with Gasteiger partial charge in [-0.2, -0.15) is 0 Å². The van der Waals surface area contributed by atoms with Gasteiger partial charge in [0.25, 0.3) is 0 Å². The van der Waals surface area contributed by atoms with E-state index in [1.807, 2.05) is 30.3 Å². The van der Waals surface area contributed by atoms with Crippen molar-refractivity contribution in [2.45, 2.75) is 13.5 Å². The lowest BCUT2D eigenvalue weighted by Crippen LogP contribution is -2.01. The Labute approximate surface area is 116 Å². The molecule has 4 nitrogen and oxygen atoms in total. The van der Waals surface area contributed by atoms with E-state index in [2.05, 4.69) is 9.98 Å². The van der Waals surface area contributed by atoms with Gasteiger partial charge in [-0.05, 0) is 5.56 Å². The van der Waals surface area contributed by atoms with Gasteiger partial charge in [-0.3, -0.25) is 14.8 Å². The third-order valence-corrected chi connectivity index (χ3v) is 2.47. The van der Waals surface area contributed by atoms with Crippen LogP contribution < -0.4 is 0 Å². The number of carbonyl (C=O) groups is 1. The summed E-state index contributed by atoms with van der Waals surface area (Å²) in [5, 5.41) is 0. The van der Waals surface area contributed by atoms with Crippen molar-refractivity contribution in [3.05, 3.63) is 59.7 Å². The molecule has 0 aliphatic rings. The summed E-state index contributed by atoms with van der Waals surface area (Å²) >= 11 is 0. The zero-order valence-corrected chi connectivity index (χ0v) is 10.9. The second kappa shape index (κ2) is 6.56. The molecule has 5 heteroatoms. The first kappa shape index (κ1) is 13.9. The van der Waals surface area contributed by atoms with E-state index < -0.39 is 11.8 Å².